The zero-order valence-corrected chi connectivity index (χ0v) is 23.8. The van der Waals surface area contributed by atoms with Crippen molar-refractivity contribution >= 4 is 30.8 Å². The maximum Gasteiger partial charge on any atom is 0.341 e. The molecule has 0 bridgehead atoms. The number of rotatable bonds is 11. The summed E-state index contributed by atoms with van der Waals surface area (Å²) in [7, 11) is -1.14. The lowest BCUT2D eigenvalue weighted by Crippen LogP contribution is -2.26. The van der Waals surface area contributed by atoms with Gasteiger partial charge in [-0.25, -0.2) is 9.78 Å². The molecule has 8 heteroatoms. The first-order valence-corrected chi connectivity index (χ1v) is 17.3. The molecule has 200 valence electrons. The van der Waals surface area contributed by atoms with E-state index in [0.717, 1.165) is 68.3 Å². The summed E-state index contributed by atoms with van der Waals surface area (Å²) in [5.41, 5.74) is 3.49. The van der Waals surface area contributed by atoms with Crippen molar-refractivity contribution < 1.29 is 14.3 Å². The second kappa shape index (κ2) is 12.7. The summed E-state index contributed by atoms with van der Waals surface area (Å²) in [6.07, 6.45) is 6.83. The molecular formula is C29H42N4O3Si. The molecule has 1 atom stereocenters. The second-order valence-electron chi connectivity index (χ2n) is 11.2. The SMILES string of the molecule is CCOC(=O)c1cnc2c(ccn2COCC[Si](C)(C)C)c1NC1CCCN(Cc2ccccc2)CC1. The van der Waals surface area contributed by atoms with E-state index in [1.165, 1.54) is 5.56 Å². The van der Waals surface area contributed by atoms with Crippen molar-refractivity contribution in [3.63, 3.8) is 0 Å². The van der Waals surface area contributed by atoms with Crippen LogP contribution < -0.4 is 5.32 Å². The van der Waals surface area contributed by atoms with Crippen LogP contribution in [0.1, 0.15) is 42.1 Å². The van der Waals surface area contributed by atoms with Gasteiger partial charge >= 0.3 is 5.97 Å². The molecule has 0 spiro atoms. The molecule has 1 unspecified atom stereocenters. The summed E-state index contributed by atoms with van der Waals surface area (Å²) < 4.78 is 13.4. The van der Waals surface area contributed by atoms with E-state index in [9.17, 15) is 4.79 Å². The number of nitrogens with zero attached hydrogens (tertiary/aromatic N) is 3. The van der Waals surface area contributed by atoms with Gasteiger partial charge in [0.1, 0.15) is 17.9 Å². The minimum Gasteiger partial charge on any atom is -0.462 e. The molecule has 0 saturated carbocycles. The molecule has 1 aromatic carbocycles. The Bertz CT molecular complexity index is 1160. The molecule has 7 nitrogen and oxygen atoms in total. The maximum atomic E-state index is 12.8. The average Bonchev–Trinajstić information content (AvgIpc) is 3.15. The van der Waals surface area contributed by atoms with Crippen LogP contribution in [0.2, 0.25) is 25.7 Å². The van der Waals surface area contributed by atoms with Crippen molar-refractivity contribution in [1.29, 1.82) is 0 Å². The van der Waals surface area contributed by atoms with E-state index in [4.69, 9.17) is 9.47 Å². The third kappa shape index (κ3) is 7.66. The smallest absolute Gasteiger partial charge is 0.341 e. The molecular weight excluding hydrogens is 480 g/mol. The zero-order valence-electron chi connectivity index (χ0n) is 22.8. The number of hydrogen-bond acceptors (Lipinski definition) is 6. The van der Waals surface area contributed by atoms with Gasteiger partial charge in [-0.05, 0) is 50.4 Å². The summed E-state index contributed by atoms with van der Waals surface area (Å²) >= 11 is 0. The number of nitrogens with one attached hydrogen (secondary N) is 1. The van der Waals surface area contributed by atoms with Crippen LogP contribution >= 0.6 is 0 Å². The van der Waals surface area contributed by atoms with E-state index in [0.29, 0.717) is 18.9 Å². The molecule has 37 heavy (non-hydrogen) atoms. The molecule has 0 amide bonds. The Morgan fingerprint density at radius 2 is 1.95 bits per heavy atom. The summed E-state index contributed by atoms with van der Waals surface area (Å²) in [6.45, 7) is 13.5. The van der Waals surface area contributed by atoms with Gasteiger partial charge in [0, 0.05) is 51.6 Å². The number of anilines is 1. The standard InChI is InChI=1S/C29H42N4O3Si/c1-5-36-29(34)26-20-30-28-25(14-17-33(28)22-35-18-19-37(2,3)4)27(26)31-24-12-9-15-32(16-13-24)21-23-10-7-6-8-11-23/h6-8,10-11,14,17,20,24H,5,9,12-13,15-16,18-19,21-22H2,1-4H3,(H,30,31). The molecule has 3 heterocycles. The molecule has 1 saturated heterocycles. The van der Waals surface area contributed by atoms with Gasteiger partial charge in [0.2, 0.25) is 0 Å². The lowest BCUT2D eigenvalue weighted by atomic mass is 10.1. The highest BCUT2D eigenvalue weighted by atomic mass is 28.3. The summed E-state index contributed by atoms with van der Waals surface area (Å²) in [5.74, 6) is -0.335. The van der Waals surface area contributed by atoms with Crippen LogP contribution in [0, 0.1) is 0 Å². The number of esters is 1. The van der Waals surface area contributed by atoms with E-state index in [-0.39, 0.29) is 12.0 Å². The molecule has 1 fully saturated rings. The van der Waals surface area contributed by atoms with E-state index in [1.807, 2.05) is 23.8 Å². The van der Waals surface area contributed by atoms with E-state index in [1.54, 1.807) is 6.20 Å². The predicted octanol–water partition coefficient (Wildman–Crippen LogP) is 5.99. The number of aromatic nitrogens is 2. The topological polar surface area (TPSA) is 68.6 Å². The Labute approximate surface area is 222 Å². The lowest BCUT2D eigenvalue weighted by Gasteiger charge is -2.22. The van der Waals surface area contributed by atoms with Gasteiger partial charge in [-0.1, -0.05) is 50.0 Å². The third-order valence-electron chi connectivity index (χ3n) is 6.93. The largest absolute Gasteiger partial charge is 0.462 e. The highest BCUT2D eigenvalue weighted by Crippen LogP contribution is 2.30. The van der Waals surface area contributed by atoms with Crippen molar-refractivity contribution in [2.45, 2.75) is 71.2 Å². The fourth-order valence-electron chi connectivity index (χ4n) is 4.81. The van der Waals surface area contributed by atoms with Gasteiger partial charge in [-0.2, -0.15) is 0 Å². The molecule has 0 aliphatic carbocycles. The van der Waals surface area contributed by atoms with Crippen molar-refractivity contribution in [2.24, 2.45) is 0 Å². The van der Waals surface area contributed by atoms with Crippen LogP contribution in [-0.4, -0.2) is 60.8 Å². The zero-order chi connectivity index (χ0) is 26.3. The van der Waals surface area contributed by atoms with Crippen LogP contribution in [0.5, 0.6) is 0 Å². The molecule has 4 rings (SSSR count). The number of fused-ring (bicyclic) bond motifs is 1. The second-order valence-corrected chi connectivity index (χ2v) is 16.8. The van der Waals surface area contributed by atoms with Gasteiger partial charge in [-0.15, -0.1) is 0 Å². The van der Waals surface area contributed by atoms with E-state index < -0.39 is 8.07 Å². The summed E-state index contributed by atoms with van der Waals surface area (Å²) in [4.78, 5) is 20.0. The Balaban J connectivity index is 1.49. The number of ether oxygens (including phenoxy) is 2. The quantitative estimate of drug-likeness (QED) is 0.189. The first kappa shape index (κ1) is 27.4. The molecule has 2 aromatic heterocycles. The Hall–Kier alpha value is -2.68. The highest BCUT2D eigenvalue weighted by Gasteiger charge is 2.23. The number of carbonyl (C=O) groups is 1. The fraction of sp³-hybridized carbons (Fsp3) is 0.517. The normalized spacial score (nSPS) is 17.0. The number of likely N-dealkylation sites (tertiary alicyclic amines) is 1. The monoisotopic (exact) mass is 522 g/mol. The van der Waals surface area contributed by atoms with Gasteiger partial charge < -0.3 is 19.4 Å². The first-order chi connectivity index (χ1) is 17.8. The van der Waals surface area contributed by atoms with Crippen molar-refractivity contribution in [3.05, 3.63) is 59.9 Å². The third-order valence-corrected chi connectivity index (χ3v) is 8.63. The highest BCUT2D eigenvalue weighted by molar-refractivity contribution is 6.76. The van der Waals surface area contributed by atoms with Gasteiger partial charge in [0.15, 0.2) is 0 Å². The molecule has 1 aliphatic rings. The number of carbonyl (C=O) groups excluding carboxylic acids is 1. The Kier molecular flexibility index (Phi) is 9.40. The summed E-state index contributed by atoms with van der Waals surface area (Å²) in [5, 5.41) is 4.68. The van der Waals surface area contributed by atoms with Crippen LogP contribution in [0.25, 0.3) is 11.0 Å². The van der Waals surface area contributed by atoms with Gasteiger partial charge in [0.05, 0.1) is 12.3 Å². The van der Waals surface area contributed by atoms with Crippen LogP contribution in [0.3, 0.4) is 0 Å². The van der Waals surface area contributed by atoms with Crippen molar-refractivity contribution in [2.75, 3.05) is 31.6 Å². The average molecular weight is 523 g/mol. The lowest BCUT2D eigenvalue weighted by molar-refractivity contribution is 0.0527. The molecule has 3 aromatic rings. The van der Waals surface area contributed by atoms with Crippen LogP contribution in [-0.2, 0) is 22.7 Å². The molecule has 1 N–H and O–H groups in total. The number of pyridine rings is 1. The van der Waals surface area contributed by atoms with Crippen molar-refractivity contribution in [1.82, 2.24) is 14.5 Å². The van der Waals surface area contributed by atoms with E-state index in [2.05, 4.69) is 65.2 Å². The fourth-order valence-corrected chi connectivity index (χ4v) is 5.56. The van der Waals surface area contributed by atoms with Crippen molar-refractivity contribution in [3.8, 4) is 0 Å². The Morgan fingerprint density at radius 1 is 1.14 bits per heavy atom. The molecule has 0 radical (unpaired) electrons. The minimum absolute atomic E-state index is 0.274. The number of benzene rings is 1. The molecule has 1 aliphatic heterocycles. The minimum atomic E-state index is -1.14. The van der Waals surface area contributed by atoms with Gasteiger partial charge in [0.25, 0.3) is 0 Å². The van der Waals surface area contributed by atoms with Gasteiger partial charge in [-0.3, -0.25) is 4.90 Å². The van der Waals surface area contributed by atoms with E-state index >= 15 is 0 Å². The van der Waals surface area contributed by atoms with Crippen LogP contribution in [0.4, 0.5) is 5.69 Å². The first-order valence-electron chi connectivity index (χ1n) is 13.6. The summed E-state index contributed by atoms with van der Waals surface area (Å²) in [6, 6.07) is 14.1. The Morgan fingerprint density at radius 3 is 2.70 bits per heavy atom. The maximum absolute atomic E-state index is 12.8. The number of hydrogen-bond donors (Lipinski definition) is 1. The predicted molar refractivity (Wildman–Crippen MR) is 153 cm³/mol. The van der Waals surface area contributed by atoms with Crippen LogP contribution in [0.15, 0.2) is 48.8 Å².